The van der Waals surface area contributed by atoms with Gasteiger partial charge in [-0.25, -0.2) is 8.42 Å². The van der Waals surface area contributed by atoms with Crippen LogP contribution in [0.15, 0.2) is 23.1 Å². The first-order chi connectivity index (χ1) is 9.36. The van der Waals surface area contributed by atoms with Crippen LogP contribution in [-0.4, -0.2) is 55.5 Å². The topological polar surface area (TPSA) is 60.9 Å². The van der Waals surface area contributed by atoms with Crippen LogP contribution in [-0.2, 0) is 16.6 Å². The number of nitrogens with zero attached hydrogens (tertiary/aromatic N) is 2. The Balaban J connectivity index is 2.35. The normalized spacial score (nSPS) is 22.1. The Morgan fingerprint density at radius 1 is 1.40 bits per heavy atom. The van der Waals surface area contributed by atoms with Crippen LogP contribution in [0.25, 0.3) is 0 Å². The molecule has 0 saturated carbocycles. The molecule has 112 valence electrons. The Hall–Kier alpha value is -0.660. The fourth-order valence-corrected chi connectivity index (χ4v) is 4.29. The number of benzene rings is 1. The second-order valence-electron chi connectivity index (χ2n) is 5.14. The lowest BCUT2D eigenvalue weighted by molar-refractivity contribution is 0.170. The summed E-state index contributed by atoms with van der Waals surface area (Å²) in [5.74, 6) is 0. The van der Waals surface area contributed by atoms with Crippen molar-refractivity contribution in [2.75, 3.05) is 26.7 Å². The van der Waals surface area contributed by atoms with Gasteiger partial charge in [-0.15, -0.1) is 0 Å². The largest absolute Gasteiger partial charge is 0.392 e. The molecule has 1 aliphatic rings. The summed E-state index contributed by atoms with van der Waals surface area (Å²) in [4.78, 5) is 2.29. The van der Waals surface area contributed by atoms with Crippen LogP contribution in [0.3, 0.4) is 0 Å². The maximum Gasteiger partial charge on any atom is 0.243 e. The first kappa shape index (κ1) is 15.7. The molecule has 0 spiro atoms. The molecule has 1 aromatic carbocycles. The van der Waals surface area contributed by atoms with Gasteiger partial charge in [-0.05, 0) is 37.7 Å². The molecule has 1 unspecified atom stereocenters. The second-order valence-corrected chi connectivity index (χ2v) is 7.44. The van der Waals surface area contributed by atoms with Crippen LogP contribution in [0.1, 0.15) is 12.5 Å². The lowest BCUT2D eigenvalue weighted by Crippen LogP contribution is -2.52. The SMILES string of the molecule is CC1CN(C)CCN1S(=O)(=O)c1ccc(Cl)c(CO)c1. The number of hydrogen-bond donors (Lipinski definition) is 1. The van der Waals surface area contributed by atoms with Crippen LogP contribution in [0, 0.1) is 0 Å². The Kier molecular flexibility index (Phi) is 4.71. The highest BCUT2D eigenvalue weighted by molar-refractivity contribution is 7.89. The Labute approximate surface area is 124 Å². The maximum atomic E-state index is 12.7. The van der Waals surface area contributed by atoms with E-state index < -0.39 is 10.0 Å². The van der Waals surface area contributed by atoms with Crippen LogP contribution >= 0.6 is 11.6 Å². The Morgan fingerprint density at radius 3 is 2.70 bits per heavy atom. The van der Waals surface area contributed by atoms with Gasteiger partial charge in [0.25, 0.3) is 0 Å². The van der Waals surface area contributed by atoms with Gasteiger partial charge in [-0.2, -0.15) is 4.31 Å². The van der Waals surface area contributed by atoms with Crippen molar-refractivity contribution in [3.8, 4) is 0 Å². The van der Waals surface area contributed by atoms with Crippen molar-refractivity contribution in [1.29, 1.82) is 0 Å². The van der Waals surface area contributed by atoms with Gasteiger partial charge >= 0.3 is 0 Å². The average molecular weight is 319 g/mol. The van der Waals surface area contributed by atoms with Crippen molar-refractivity contribution in [3.05, 3.63) is 28.8 Å². The fraction of sp³-hybridized carbons (Fsp3) is 0.538. The van der Waals surface area contributed by atoms with E-state index in [2.05, 4.69) is 4.90 Å². The summed E-state index contributed by atoms with van der Waals surface area (Å²) in [6.07, 6.45) is 0. The van der Waals surface area contributed by atoms with E-state index in [1.54, 1.807) is 0 Å². The molecule has 1 saturated heterocycles. The molecule has 1 aromatic rings. The third-order valence-electron chi connectivity index (χ3n) is 3.56. The lowest BCUT2D eigenvalue weighted by Gasteiger charge is -2.37. The zero-order chi connectivity index (χ0) is 14.9. The van der Waals surface area contributed by atoms with Crippen molar-refractivity contribution < 1.29 is 13.5 Å². The van der Waals surface area contributed by atoms with E-state index in [0.29, 0.717) is 30.2 Å². The van der Waals surface area contributed by atoms with E-state index in [1.807, 2.05) is 14.0 Å². The smallest absolute Gasteiger partial charge is 0.243 e. The molecule has 7 heteroatoms. The summed E-state index contributed by atoms with van der Waals surface area (Å²) in [6.45, 7) is 3.51. The summed E-state index contributed by atoms with van der Waals surface area (Å²) >= 11 is 5.90. The minimum absolute atomic E-state index is 0.0768. The van der Waals surface area contributed by atoms with E-state index in [-0.39, 0.29) is 17.5 Å². The third-order valence-corrected chi connectivity index (χ3v) is 5.94. The van der Waals surface area contributed by atoms with E-state index >= 15 is 0 Å². The highest BCUT2D eigenvalue weighted by Gasteiger charge is 2.32. The molecule has 20 heavy (non-hydrogen) atoms. The fourth-order valence-electron chi connectivity index (χ4n) is 2.45. The summed E-state index contributed by atoms with van der Waals surface area (Å²) in [5.41, 5.74) is 0.425. The molecule has 0 bridgehead atoms. The van der Waals surface area contributed by atoms with Crippen LogP contribution < -0.4 is 0 Å². The Morgan fingerprint density at radius 2 is 2.10 bits per heavy atom. The van der Waals surface area contributed by atoms with E-state index in [1.165, 1.54) is 22.5 Å². The van der Waals surface area contributed by atoms with Gasteiger partial charge in [0.05, 0.1) is 11.5 Å². The molecular weight excluding hydrogens is 300 g/mol. The summed E-state index contributed by atoms with van der Waals surface area (Å²) in [7, 11) is -1.57. The van der Waals surface area contributed by atoms with Crippen molar-refractivity contribution in [1.82, 2.24) is 9.21 Å². The molecule has 1 fully saturated rings. The van der Waals surface area contributed by atoms with Crippen LogP contribution in [0.5, 0.6) is 0 Å². The molecule has 0 radical (unpaired) electrons. The van der Waals surface area contributed by atoms with Gasteiger partial charge in [0.15, 0.2) is 0 Å². The zero-order valence-corrected chi connectivity index (χ0v) is 13.2. The predicted molar refractivity (Wildman–Crippen MR) is 78.2 cm³/mol. The first-order valence-electron chi connectivity index (χ1n) is 6.46. The van der Waals surface area contributed by atoms with Gasteiger partial charge in [0.1, 0.15) is 0 Å². The predicted octanol–water partition coefficient (Wildman–Crippen LogP) is 1.16. The number of rotatable bonds is 3. The van der Waals surface area contributed by atoms with Crippen molar-refractivity contribution in [2.45, 2.75) is 24.5 Å². The average Bonchev–Trinajstić information content (AvgIpc) is 2.38. The minimum atomic E-state index is -3.55. The summed E-state index contributed by atoms with van der Waals surface area (Å²) in [6, 6.07) is 4.37. The molecule has 0 amide bonds. The van der Waals surface area contributed by atoms with Gasteiger partial charge in [0, 0.05) is 30.7 Å². The van der Waals surface area contributed by atoms with Crippen LogP contribution in [0.2, 0.25) is 5.02 Å². The molecule has 0 aromatic heterocycles. The van der Waals surface area contributed by atoms with E-state index in [0.717, 1.165) is 0 Å². The Bertz CT molecular complexity index is 591. The number of halogens is 1. The summed E-state index contributed by atoms with van der Waals surface area (Å²) < 4.78 is 26.8. The van der Waals surface area contributed by atoms with Crippen LogP contribution in [0.4, 0.5) is 0 Å². The standard InChI is InChI=1S/C13H19ClN2O3S/c1-10-8-15(2)5-6-16(10)20(18,19)12-3-4-13(14)11(7-12)9-17/h3-4,7,10,17H,5-6,8-9H2,1-2H3. The number of piperazine rings is 1. The monoisotopic (exact) mass is 318 g/mol. The van der Waals surface area contributed by atoms with E-state index in [4.69, 9.17) is 11.6 Å². The lowest BCUT2D eigenvalue weighted by atomic mass is 10.2. The van der Waals surface area contributed by atoms with E-state index in [9.17, 15) is 13.5 Å². The number of sulfonamides is 1. The molecule has 2 rings (SSSR count). The summed E-state index contributed by atoms with van der Waals surface area (Å²) in [5, 5.41) is 9.58. The number of aliphatic hydroxyl groups is 1. The van der Waals surface area contributed by atoms with Gasteiger partial charge in [-0.3, -0.25) is 0 Å². The van der Waals surface area contributed by atoms with Gasteiger partial charge < -0.3 is 10.0 Å². The van der Waals surface area contributed by atoms with Crippen molar-refractivity contribution >= 4 is 21.6 Å². The molecule has 1 N–H and O–H groups in total. The quantitative estimate of drug-likeness (QED) is 0.908. The van der Waals surface area contributed by atoms with Crippen molar-refractivity contribution in [3.63, 3.8) is 0 Å². The minimum Gasteiger partial charge on any atom is -0.392 e. The molecule has 1 atom stereocenters. The molecule has 1 heterocycles. The molecule has 5 nitrogen and oxygen atoms in total. The second kappa shape index (κ2) is 5.99. The zero-order valence-electron chi connectivity index (χ0n) is 11.6. The number of aliphatic hydroxyl groups excluding tert-OH is 1. The highest BCUT2D eigenvalue weighted by Crippen LogP contribution is 2.25. The van der Waals surface area contributed by atoms with Gasteiger partial charge in [-0.1, -0.05) is 11.6 Å². The maximum absolute atomic E-state index is 12.7. The molecular formula is C13H19ClN2O3S. The van der Waals surface area contributed by atoms with Gasteiger partial charge in [0.2, 0.25) is 10.0 Å². The first-order valence-corrected chi connectivity index (χ1v) is 8.27. The molecule has 0 aliphatic carbocycles. The highest BCUT2D eigenvalue weighted by atomic mass is 35.5. The number of hydrogen-bond acceptors (Lipinski definition) is 4. The molecule has 1 aliphatic heterocycles. The number of likely N-dealkylation sites (N-methyl/N-ethyl adjacent to an activating group) is 1. The third kappa shape index (κ3) is 2.99. The van der Waals surface area contributed by atoms with Crippen molar-refractivity contribution in [2.24, 2.45) is 0 Å².